The van der Waals surface area contributed by atoms with Gasteiger partial charge in [0.15, 0.2) is 0 Å². The first kappa shape index (κ1) is 22.7. The van der Waals surface area contributed by atoms with Crippen LogP contribution in [0.3, 0.4) is 0 Å². The van der Waals surface area contributed by atoms with Gasteiger partial charge in [-0.2, -0.15) is 0 Å². The van der Waals surface area contributed by atoms with Crippen LogP contribution >= 0.6 is 0 Å². The van der Waals surface area contributed by atoms with Gasteiger partial charge in [0.05, 0.1) is 27.6 Å². The lowest BCUT2D eigenvalue weighted by Gasteiger charge is -2.12. The van der Waals surface area contributed by atoms with Crippen molar-refractivity contribution in [1.82, 2.24) is 23.5 Å². The number of pyridine rings is 2. The first-order chi connectivity index (χ1) is 21.4. The van der Waals surface area contributed by atoms with E-state index in [2.05, 4.69) is 140 Å². The molecule has 5 nitrogen and oxygen atoms in total. The Balaban J connectivity index is 1.54. The molecule has 10 aromatic rings. The zero-order chi connectivity index (χ0) is 28.1. The van der Waals surface area contributed by atoms with Crippen LogP contribution in [0.2, 0.25) is 0 Å². The smallest absolute Gasteiger partial charge is 0.145 e. The molecule has 0 aliphatic heterocycles. The monoisotopic (exact) mass is 549 g/mol. The maximum Gasteiger partial charge on any atom is 0.145 e. The highest BCUT2D eigenvalue weighted by Gasteiger charge is 2.23. The number of aromatic nitrogens is 5. The van der Waals surface area contributed by atoms with E-state index < -0.39 is 0 Å². The zero-order valence-electron chi connectivity index (χ0n) is 23.0. The quantitative estimate of drug-likeness (QED) is 0.202. The minimum Gasteiger partial charge on any atom is -0.307 e. The van der Waals surface area contributed by atoms with Gasteiger partial charge in [-0.3, -0.25) is 9.38 Å². The minimum atomic E-state index is 0.947. The molecule has 10 rings (SSSR count). The number of benzene rings is 5. The summed E-state index contributed by atoms with van der Waals surface area (Å²) in [5.74, 6) is 0. The molecule has 0 amide bonds. The van der Waals surface area contributed by atoms with Gasteiger partial charge in [0.2, 0.25) is 0 Å². The number of para-hydroxylation sites is 3. The molecule has 0 bridgehead atoms. The van der Waals surface area contributed by atoms with Crippen LogP contribution in [-0.4, -0.2) is 23.5 Å². The normalized spacial score (nSPS) is 12.2. The molecule has 0 unspecified atom stereocenters. The van der Waals surface area contributed by atoms with E-state index in [1.807, 2.05) is 18.6 Å². The van der Waals surface area contributed by atoms with Crippen LogP contribution in [0.4, 0.5) is 0 Å². The van der Waals surface area contributed by atoms with E-state index in [9.17, 15) is 0 Å². The van der Waals surface area contributed by atoms with Gasteiger partial charge < -0.3 is 9.13 Å². The van der Waals surface area contributed by atoms with Crippen molar-refractivity contribution in [2.24, 2.45) is 0 Å². The van der Waals surface area contributed by atoms with E-state index in [1.54, 1.807) is 0 Å². The Morgan fingerprint density at radius 3 is 1.91 bits per heavy atom. The average molecular weight is 550 g/mol. The Morgan fingerprint density at radius 1 is 0.442 bits per heavy atom. The predicted molar refractivity (Wildman–Crippen MR) is 177 cm³/mol. The first-order valence-electron chi connectivity index (χ1n) is 14.5. The third-order valence-electron chi connectivity index (χ3n) is 8.97. The van der Waals surface area contributed by atoms with E-state index in [4.69, 9.17) is 4.98 Å². The molecule has 0 N–H and O–H groups in total. The maximum absolute atomic E-state index is 4.73. The second kappa shape index (κ2) is 8.30. The van der Waals surface area contributed by atoms with Crippen LogP contribution in [0.5, 0.6) is 0 Å². The molecule has 5 heteroatoms. The van der Waals surface area contributed by atoms with Gasteiger partial charge in [0.25, 0.3) is 0 Å². The molecule has 0 radical (unpaired) electrons. The highest BCUT2D eigenvalue weighted by atomic mass is 15.0. The zero-order valence-corrected chi connectivity index (χ0v) is 23.0. The number of rotatable bonds is 2. The lowest BCUT2D eigenvalue weighted by Crippen LogP contribution is -1.98. The summed E-state index contributed by atoms with van der Waals surface area (Å²) in [6.07, 6.45) is 7.80. The molecule has 0 aliphatic rings. The van der Waals surface area contributed by atoms with Crippen molar-refractivity contribution in [1.29, 1.82) is 0 Å². The second-order valence-electron chi connectivity index (χ2n) is 11.1. The standard InChI is InChI=1S/C38H23N5/c1-3-9-24(10-4-1)42-31-14-8-7-13-26(31)27-15-16-29-34-33(43(37(29)36(27)42)25-11-5-2-6-12-25)18-17-32-35(34)30-23-39-20-19-28(30)38-40-21-22-41(32)38/h1-23H. The van der Waals surface area contributed by atoms with Gasteiger partial charge in [-0.1, -0.05) is 66.7 Å². The molecule has 5 heterocycles. The molecule has 0 fully saturated rings. The summed E-state index contributed by atoms with van der Waals surface area (Å²) in [5.41, 5.74) is 9.09. The van der Waals surface area contributed by atoms with Gasteiger partial charge >= 0.3 is 0 Å². The van der Waals surface area contributed by atoms with E-state index in [0.717, 1.165) is 38.8 Å². The maximum atomic E-state index is 4.73. The molecule has 0 atom stereocenters. The van der Waals surface area contributed by atoms with Crippen LogP contribution < -0.4 is 0 Å². The lowest BCUT2D eigenvalue weighted by atomic mass is 10.0. The number of imidazole rings is 1. The fourth-order valence-corrected chi connectivity index (χ4v) is 7.28. The van der Waals surface area contributed by atoms with Crippen LogP contribution in [-0.2, 0) is 0 Å². The molecule has 5 aromatic carbocycles. The first-order valence-corrected chi connectivity index (χ1v) is 14.5. The van der Waals surface area contributed by atoms with Crippen molar-refractivity contribution >= 4 is 70.9 Å². The molecule has 0 saturated heterocycles. The SMILES string of the molecule is c1ccc(-n2c3ccccc3c3ccc4c5c6c7cnccc7c7nccn7c6ccc5n(-c5ccccc5)c4c32)cc1. The Morgan fingerprint density at radius 2 is 1.09 bits per heavy atom. The molecular formula is C38H23N5. The van der Waals surface area contributed by atoms with Crippen molar-refractivity contribution < 1.29 is 0 Å². The molecule has 200 valence electrons. The van der Waals surface area contributed by atoms with E-state index in [-0.39, 0.29) is 0 Å². The molecule has 0 spiro atoms. The van der Waals surface area contributed by atoms with Crippen LogP contribution in [0, 0.1) is 0 Å². The fraction of sp³-hybridized carbons (Fsp3) is 0. The summed E-state index contributed by atoms with van der Waals surface area (Å²) in [5, 5.41) is 8.30. The topological polar surface area (TPSA) is 40.1 Å². The third kappa shape index (κ3) is 2.90. The Hall–Kier alpha value is -5.94. The van der Waals surface area contributed by atoms with Crippen molar-refractivity contribution in [2.45, 2.75) is 0 Å². The average Bonchev–Trinajstić information content (AvgIpc) is 3.78. The Labute approximate surface area is 245 Å². The van der Waals surface area contributed by atoms with E-state index in [0.29, 0.717) is 0 Å². The lowest BCUT2D eigenvalue weighted by molar-refractivity contribution is 1.15. The number of fused-ring (bicyclic) bond motifs is 14. The Kier molecular flexibility index (Phi) is 4.39. The van der Waals surface area contributed by atoms with Crippen molar-refractivity contribution in [3.05, 3.63) is 140 Å². The van der Waals surface area contributed by atoms with Crippen LogP contribution in [0.25, 0.3) is 82.3 Å². The molecular weight excluding hydrogens is 526 g/mol. The van der Waals surface area contributed by atoms with Gasteiger partial charge in [0.1, 0.15) is 5.65 Å². The van der Waals surface area contributed by atoms with Crippen LogP contribution in [0.15, 0.2) is 140 Å². The number of nitrogens with zero attached hydrogens (tertiary/aromatic N) is 5. The summed E-state index contributed by atoms with van der Waals surface area (Å²) < 4.78 is 7.09. The van der Waals surface area contributed by atoms with Gasteiger partial charge in [0, 0.05) is 73.9 Å². The highest BCUT2D eigenvalue weighted by molar-refractivity contribution is 6.32. The summed E-state index contributed by atoms with van der Waals surface area (Å²) >= 11 is 0. The molecule has 5 aromatic heterocycles. The fourth-order valence-electron chi connectivity index (χ4n) is 7.28. The van der Waals surface area contributed by atoms with Crippen LogP contribution in [0.1, 0.15) is 0 Å². The van der Waals surface area contributed by atoms with E-state index >= 15 is 0 Å². The number of hydrogen-bond donors (Lipinski definition) is 0. The second-order valence-corrected chi connectivity index (χ2v) is 11.1. The summed E-state index contributed by atoms with van der Waals surface area (Å²) in [6.45, 7) is 0. The van der Waals surface area contributed by atoms with Gasteiger partial charge in [-0.25, -0.2) is 4.98 Å². The van der Waals surface area contributed by atoms with Crippen molar-refractivity contribution in [3.63, 3.8) is 0 Å². The highest BCUT2D eigenvalue weighted by Crippen LogP contribution is 2.45. The summed E-state index contributed by atoms with van der Waals surface area (Å²) in [7, 11) is 0. The summed E-state index contributed by atoms with van der Waals surface area (Å²) in [4.78, 5) is 9.32. The minimum absolute atomic E-state index is 0.947. The van der Waals surface area contributed by atoms with Gasteiger partial charge in [-0.15, -0.1) is 0 Å². The molecule has 0 saturated carbocycles. The third-order valence-corrected chi connectivity index (χ3v) is 8.97. The number of hydrogen-bond acceptors (Lipinski definition) is 2. The van der Waals surface area contributed by atoms with Gasteiger partial charge in [-0.05, 0) is 48.5 Å². The molecule has 43 heavy (non-hydrogen) atoms. The van der Waals surface area contributed by atoms with Crippen molar-refractivity contribution in [2.75, 3.05) is 0 Å². The Bertz CT molecular complexity index is 2710. The largest absolute Gasteiger partial charge is 0.307 e. The predicted octanol–water partition coefficient (Wildman–Crippen LogP) is 9.23. The molecule has 0 aliphatic carbocycles. The van der Waals surface area contributed by atoms with Crippen molar-refractivity contribution in [3.8, 4) is 11.4 Å². The van der Waals surface area contributed by atoms with E-state index in [1.165, 1.54) is 43.5 Å². The summed E-state index contributed by atoms with van der Waals surface area (Å²) in [6, 6.07) is 41.4.